The molecule has 0 aromatic rings. The molecule has 0 bridgehead atoms. The minimum atomic E-state index is -3.82. The first kappa shape index (κ1) is 11.6. The number of rotatable bonds is 4. The standard InChI is InChI=1S/C6H13O5P/c1-4-11-6(7)5(2)12(8,9)10-3/h5H,4H2,1-3H3,(H,8,9). The summed E-state index contributed by atoms with van der Waals surface area (Å²) in [5.41, 5.74) is -1.12. The van der Waals surface area contributed by atoms with E-state index in [2.05, 4.69) is 9.26 Å². The monoisotopic (exact) mass is 196 g/mol. The van der Waals surface area contributed by atoms with Crippen molar-refractivity contribution >= 4 is 13.6 Å². The fourth-order valence-electron chi connectivity index (χ4n) is 0.554. The molecular formula is C6H13O5P. The maximum absolute atomic E-state index is 11.0. The van der Waals surface area contributed by atoms with E-state index in [0.29, 0.717) is 0 Å². The largest absolute Gasteiger partial charge is 0.465 e. The molecule has 0 saturated heterocycles. The Hall–Kier alpha value is -0.380. The fraction of sp³-hybridized carbons (Fsp3) is 0.833. The van der Waals surface area contributed by atoms with Crippen molar-refractivity contribution in [2.24, 2.45) is 0 Å². The predicted molar refractivity (Wildman–Crippen MR) is 42.9 cm³/mol. The van der Waals surface area contributed by atoms with Crippen LogP contribution in [0.25, 0.3) is 0 Å². The number of hydrogen-bond donors (Lipinski definition) is 1. The fourth-order valence-corrected chi connectivity index (χ4v) is 1.21. The van der Waals surface area contributed by atoms with Crippen molar-refractivity contribution in [2.75, 3.05) is 13.7 Å². The summed E-state index contributed by atoms with van der Waals surface area (Å²) < 4.78 is 19.8. The molecule has 1 N–H and O–H groups in total. The average Bonchev–Trinajstić information content (AvgIpc) is 2.03. The maximum Gasteiger partial charge on any atom is 0.341 e. The molecule has 2 unspecified atom stereocenters. The first-order chi connectivity index (χ1) is 5.45. The molecule has 0 amide bonds. The van der Waals surface area contributed by atoms with Crippen molar-refractivity contribution in [2.45, 2.75) is 19.5 Å². The quantitative estimate of drug-likeness (QED) is 0.531. The summed E-state index contributed by atoms with van der Waals surface area (Å²) >= 11 is 0. The molecule has 0 aromatic heterocycles. The summed E-state index contributed by atoms with van der Waals surface area (Å²) in [6.07, 6.45) is 0. The molecule has 0 aromatic carbocycles. The summed E-state index contributed by atoms with van der Waals surface area (Å²) in [5.74, 6) is -0.717. The third-order valence-electron chi connectivity index (χ3n) is 1.38. The molecule has 0 heterocycles. The minimum Gasteiger partial charge on any atom is -0.465 e. The van der Waals surface area contributed by atoms with E-state index < -0.39 is 19.2 Å². The van der Waals surface area contributed by atoms with Gasteiger partial charge in [-0.3, -0.25) is 9.36 Å². The number of carbonyl (C=O) groups excluding carboxylic acids is 1. The second-order valence-corrected chi connectivity index (χ2v) is 4.44. The van der Waals surface area contributed by atoms with E-state index in [1.54, 1.807) is 6.92 Å². The Kier molecular flexibility index (Phi) is 4.45. The molecule has 0 saturated carbocycles. The van der Waals surface area contributed by atoms with Gasteiger partial charge >= 0.3 is 13.6 Å². The summed E-state index contributed by atoms with van der Waals surface area (Å²) in [6, 6.07) is 0. The zero-order chi connectivity index (χ0) is 9.78. The first-order valence-corrected chi connectivity index (χ1v) is 5.15. The lowest BCUT2D eigenvalue weighted by atomic mass is 10.5. The highest BCUT2D eigenvalue weighted by Gasteiger charge is 2.34. The van der Waals surface area contributed by atoms with Gasteiger partial charge in [0, 0.05) is 7.11 Å². The Bertz CT molecular complexity index is 202. The molecule has 6 heteroatoms. The maximum atomic E-state index is 11.0. The number of esters is 1. The van der Waals surface area contributed by atoms with Crippen molar-refractivity contribution in [1.82, 2.24) is 0 Å². The lowest BCUT2D eigenvalue weighted by Gasteiger charge is -2.14. The summed E-state index contributed by atoms with van der Waals surface area (Å²) in [4.78, 5) is 19.9. The van der Waals surface area contributed by atoms with Crippen LogP contribution < -0.4 is 0 Å². The van der Waals surface area contributed by atoms with Crippen LogP contribution in [-0.4, -0.2) is 30.2 Å². The zero-order valence-corrected chi connectivity index (χ0v) is 8.21. The van der Waals surface area contributed by atoms with Crippen molar-refractivity contribution in [1.29, 1.82) is 0 Å². The van der Waals surface area contributed by atoms with E-state index >= 15 is 0 Å². The van der Waals surface area contributed by atoms with Crippen molar-refractivity contribution < 1.29 is 23.5 Å². The van der Waals surface area contributed by atoms with Gasteiger partial charge in [-0.05, 0) is 13.8 Å². The Morgan fingerprint density at radius 1 is 1.67 bits per heavy atom. The van der Waals surface area contributed by atoms with Crippen LogP contribution in [-0.2, 0) is 18.6 Å². The highest BCUT2D eigenvalue weighted by atomic mass is 31.2. The summed E-state index contributed by atoms with van der Waals surface area (Å²) in [7, 11) is -2.74. The van der Waals surface area contributed by atoms with Gasteiger partial charge in [-0.1, -0.05) is 0 Å². The third-order valence-corrected chi connectivity index (χ3v) is 3.09. The molecule has 5 nitrogen and oxygen atoms in total. The lowest BCUT2D eigenvalue weighted by molar-refractivity contribution is -0.142. The van der Waals surface area contributed by atoms with E-state index in [1.165, 1.54) is 6.92 Å². The molecule has 12 heavy (non-hydrogen) atoms. The SMILES string of the molecule is CCOC(=O)C(C)P(=O)(O)OC. The van der Waals surface area contributed by atoms with Gasteiger partial charge in [0.25, 0.3) is 0 Å². The van der Waals surface area contributed by atoms with Gasteiger partial charge in [0.1, 0.15) is 0 Å². The molecule has 0 fully saturated rings. The van der Waals surface area contributed by atoms with Gasteiger partial charge in [-0.2, -0.15) is 0 Å². The van der Waals surface area contributed by atoms with E-state index in [0.717, 1.165) is 7.11 Å². The number of carbonyl (C=O) groups is 1. The van der Waals surface area contributed by atoms with Crippen LogP contribution in [0, 0.1) is 0 Å². The Morgan fingerprint density at radius 3 is 2.50 bits per heavy atom. The predicted octanol–water partition coefficient (Wildman–Crippen LogP) is 0.770. The van der Waals surface area contributed by atoms with Crippen LogP contribution in [0.2, 0.25) is 0 Å². The minimum absolute atomic E-state index is 0.187. The highest BCUT2D eigenvalue weighted by molar-refractivity contribution is 7.54. The molecule has 2 atom stereocenters. The lowest BCUT2D eigenvalue weighted by Crippen LogP contribution is -2.20. The smallest absolute Gasteiger partial charge is 0.341 e. The van der Waals surface area contributed by atoms with E-state index in [-0.39, 0.29) is 6.61 Å². The number of ether oxygens (including phenoxy) is 1. The number of hydrogen-bond acceptors (Lipinski definition) is 4. The van der Waals surface area contributed by atoms with Gasteiger partial charge in [-0.25, -0.2) is 0 Å². The van der Waals surface area contributed by atoms with Crippen LogP contribution in [0.5, 0.6) is 0 Å². The third kappa shape index (κ3) is 2.93. The normalized spacial score (nSPS) is 18.0. The topological polar surface area (TPSA) is 72.8 Å². The van der Waals surface area contributed by atoms with Crippen LogP contribution in [0.4, 0.5) is 0 Å². The van der Waals surface area contributed by atoms with Crippen LogP contribution in [0.1, 0.15) is 13.8 Å². The summed E-state index contributed by atoms with van der Waals surface area (Å²) in [6.45, 7) is 3.11. The van der Waals surface area contributed by atoms with Crippen molar-refractivity contribution in [3.05, 3.63) is 0 Å². The molecular weight excluding hydrogens is 183 g/mol. The Balaban J connectivity index is 4.28. The van der Waals surface area contributed by atoms with Crippen LogP contribution in [0.15, 0.2) is 0 Å². The van der Waals surface area contributed by atoms with Crippen molar-refractivity contribution in [3.8, 4) is 0 Å². The molecule has 0 aliphatic rings. The van der Waals surface area contributed by atoms with Gasteiger partial charge in [0.05, 0.1) is 6.61 Å². The Morgan fingerprint density at radius 2 is 2.17 bits per heavy atom. The molecule has 0 spiro atoms. The Labute approximate surface area is 71.2 Å². The molecule has 0 aliphatic heterocycles. The van der Waals surface area contributed by atoms with E-state index in [9.17, 15) is 9.36 Å². The van der Waals surface area contributed by atoms with Crippen molar-refractivity contribution in [3.63, 3.8) is 0 Å². The van der Waals surface area contributed by atoms with E-state index in [1.807, 2.05) is 0 Å². The van der Waals surface area contributed by atoms with Gasteiger partial charge < -0.3 is 14.2 Å². The molecule has 72 valence electrons. The second kappa shape index (κ2) is 4.60. The first-order valence-electron chi connectivity index (χ1n) is 3.50. The summed E-state index contributed by atoms with van der Waals surface area (Å²) in [5, 5.41) is 0. The average molecular weight is 196 g/mol. The van der Waals surface area contributed by atoms with Crippen LogP contribution >= 0.6 is 7.60 Å². The highest BCUT2D eigenvalue weighted by Crippen LogP contribution is 2.46. The van der Waals surface area contributed by atoms with E-state index in [4.69, 9.17) is 4.89 Å². The second-order valence-electron chi connectivity index (χ2n) is 2.17. The van der Waals surface area contributed by atoms with Gasteiger partial charge in [-0.15, -0.1) is 0 Å². The zero-order valence-electron chi connectivity index (χ0n) is 7.31. The van der Waals surface area contributed by atoms with Gasteiger partial charge in [0.2, 0.25) is 0 Å². The molecule has 0 aliphatic carbocycles. The van der Waals surface area contributed by atoms with Crippen LogP contribution in [0.3, 0.4) is 0 Å². The molecule has 0 rings (SSSR count). The van der Waals surface area contributed by atoms with Gasteiger partial charge in [0.15, 0.2) is 5.66 Å². The molecule has 0 radical (unpaired) electrons.